The second-order valence-corrected chi connectivity index (χ2v) is 6.26. The lowest BCUT2D eigenvalue weighted by molar-refractivity contribution is -0.122. The van der Waals surface area contributed by atoms with Crippen molar-refractivity contribution in [2.75, 3.05) is 13.1 Å². The number of nitrogens with one attached hydrogen (secondary N) is 3. The number of hydrazine groups is 1. The number of rotatable bonds is 5. The van der Waals surface area contributed by atoms with Crippen LogP contribution in [0.3, 0.4) is 0 Å². The summed E-state index contributed by atoms with van der Waals surface area (Å²) in [6.45, 7) is 4.52. The van der Waals surface area contributed by atoms with Gasteiger partial charge in [0.15, 0.2) is 5.11 Å². The van der Waals surface area contributed by atoms with Gasteiger partial charge < -0.3 is 5.32 Å². The third-order valence-corrected chi connectivity index (χ3v) is 3.75. The lowest BCUT2D eigenvalue weighted by Crippen LogP contribution is -2.50. The molecule has 8 heteroatoms. The van der Waals surface area contributed by atoms with E-state index in [-0.39, 0.29) is 11.7 Å². The van der Waals surface area contributed by atoms with Crippen LogP contribution >= 0.6 is 12.2 Å². The summed E-state index contributed by atoms with van der Waals surface area (Å²) in [7, 11) is 0. The molecule has 0 saturated heterocycles. The van der Waals surface area contributed by atoms with Crippen LogP contribution in [0.25, 0.3) is 0 Å². The highest BCUT2D eigenvalue weighted by molar-refractivity contribution is 7.80. The number of fused-ring (bicyclic) bond motifs is 1. The molecule has 24 heavy (non-hydrogen) atoms. The molecule has 3 N–H and O–H groups in total. The average molecular weight is 348 g/mol. The minimum absolute atomic E-state index is 0.284. The molecular formula is C16H20N4O3S. The van der Waals surface area contributed by atoms with Crippen molar-refractivity contribution in [1.29, 1.82) is 0 Å². The van der Waals surface area contributed by atoms with Gasteiger partial charge in [0.05, 0.1) is 11.1 Å². The van der Waals surface area contributed by atoms with Crippen LogP contribution in [0.4, 0.5) is 0 Å². The standard InChI is InChI=1S/C16H20N4O3S/c1-10(2)7-8-17-16(24)19-18-13(21)9-20-14(22)11-5-3-4-6-12(11)15(20)23/h3-6,10H,7-9H2,1-2H3,(H,18,21)(H2,17,19,24). The van der Waals surface area contributed by atoms with E-state index in [0.717, 1.165) is 11.3 Å². The number of imide groups is 1. The highest BCUT2D eigenvalue weighted by Gasteiger charge is 2.36. The molecule has 1 aromatic carbocycles. The Morgan fingerprint density at radius 1 is 1.12 bits per heavy atom. The SMILES string of the molecule is CC(C)CCNC(=S)NNC(=O)CN1C(=O)c2ccccc2C1=O. The molecule has 0 fully saturated rings. The molecule has 0 bridgehead atoms. The smallest absolute Gasteiger partial charge is 0.262 e. The molecule has 3 amide bonds. The van der Waals surface area contributed by atoms with Crippen molar-refractivity contribution in [1.82, 2.24) is 21.1 Å². The lowest BCUT2D eigenvalue weighted by Gasteiger charge is -2.15. The Labute approximate surface area is 145 Å². The number of nitrogens with zero attached hydrogens (tertiary/aromatic N) is 1. The van der Waals surface area contributed by atoms with Crippen LogP contribution in [0.5, 0.6) is 0 Å². The number of benzene rings is 1. The Bertz CT molecular complexity index is 640. The first kappa shape index (κ1) is 17.9. The predicted molar refractivity (Wildman–Crippen MR) is 93.1 cm³/mol. The highest BCUT2D eigenvalue weighted by Crippen LogP contribution is 2.21. The van der Waals surface area contributed by atoms with E-state index < -0.39 is 17.7 Å². The monoisotopic (exact) mass is 348 g/mol. The molecule has 1 aliphatic rings. The summed E-state index contributed by atoms with van der Waals surface area (Å²) < 4.78 is 0. The fourth-order valence-electron chi connectivity index (χ4n) is 2.21. The molecule has 0 saturated carbocycles. The molecule has 128 valence electrons. The summed E-state index contributed by atoms with van der Waals surface area (Å²) in [5, 5.41) is 3.24. The van der Waals surface area contributed by atoms with Crippen molar-refractivity contribution < 1.29 is 14.4 Å². The Kier molecular flexibility index (Phi) is 5.86. The van der Waals surface area contributed by atoms with E-state index in [1.165, 1.54) is 0 Å². The van der Waals surface area contributed by atoms with Crippen LogP contribution in [0, 0.1) is 5.92 Å². The van der Waals surface area contributed by atoms with Gasteiger partial charge in [0, 0.05) is 6.54 Å². The normalized spacial score (nSPS) is 13.0. The van der Waals surface area contributed by atoms with Crippen LogP contribution in [-0.2, 0) is 4.79 Å². The quantitative estimate of drug-likeness (QED) is 0.415. The lowest BCUT2D eigenvalue weighted by atomic mass is 10.1. The third kappa shape index (κ3) is 4.29. The van der Waals surface area contributed by atoms with Gasteiger partial charge in [-0.1, -0.05) is 26.0 Å². The first-order chi connectivity index (χ1) is 11.4. The van der Waals surface area contributed by atoms with E-state index in [1.807, 2.05) is 0 Å². The summed E-state index contributed by atoms with van der Waals surface area (Å²) in [6, 6.07) is 6.49. The molecule has 2 rings (SSSR count). The Morgan fingerprint density at radius 3 is 2.25 bits per heavy atom. The summed E-state index contributed by atoms with van der Waals surface area (Å²) in [5.74, 6) is -0.923. The fourth-order valence-corrected chi connectivity index (χ4v) is 2.36. The summed E-state index contributed by atoms with van der Waals surface area (Å²) in [4.78, 5) is 37.1. The largest absolute Gasteiger partial charge is 0.361 e. The number of amides is 3. The maximum Gasteiger partial charge on any atom is 0.262 e. The minimum Gasteiger partial charge on any atom is -0.361 e. The van der Waals surface area contributed by atoms with Crippen LogP contribution in [0.1, 0.15) is 41.0 Å². The molecule has 0 atom stereocenters. The van der Waals surface area contributed by atoms with Gasteiger partial charge in [0.2, 0.25) is 0 Å². The second kappa shape index (κ2) is 7.87. The van der Waals surface area contributed by atoms with Gasteiger partial charge >= 0.3 is 0 Å². The minimum atomic E-state index is -0.530. The van der Waals surface area contributed by atoms with Crippen LogP contribution in [0.2, 0.25) is 0 Å². The van der Waals surface area contributed by atoms with Crippen molar-refractivity contribution in [3.05, 3.63) is 35.4 Å². The summed E-state index contributed by atoms with van der Waals surface area (Å²) >= 11 is 5.03. The molecule has 0 spiro atoms. The van der Waals surface area contributed by atoms with Gasteiger partial charge in [-0.05, 0) is 36.7 Å². The number of hydrogen-bond donors (Lipinski definition) is 3. The van der Waals surface area contributed by atoms with Gasteiger partial charge in [-0.2, -0.15) is 0 Å². The predicted octanol–water partition coefficient (Wildman–Crippen LogP) is 0.824. The zero-order valence-corrected chi connectivity index (χ0v) is 14.4. The molecule has 1 heterocycles. The Balaban J connectivity index is 1.80. The number of carbonyl (C=O) groups is 3. The van der Waals surface area contributed by atoms with Gasteiger partial charge in [-0.3, -0.25) is 30.1 Å². The molecule has 7 nitrogen and oxygen atoms in total. The molecule has 0 aromatic heterocycles. The molecule has 0 aliphatic carbocycles. The van der Waals surface area contributed by atoms with E-state index in [1.54, 1.807) is 24.3 Å². The number of thiocarbonyl (C=S) groups is 1. The van der Waals surface area contributed by atoms with Gasteiger partial charge in [0.25, 0.3) is 17.7 Å². The Hall–Kier alpha value is -2.48. The number of carbonyl (C=O) groups excluding carboxylic acids is 3. The molecule has 0 radical (unpaired) electrons. The maximum absolute atomic E-state index is 12.2. The van der Waals surface area contributed by atoms with Gasteiger partial charge in [-0.15, -0.1) is 0 Å². The van der Waals surface area contributed by atoms with Gasteiger partial charge in [-0.25, -0.2) is 0 Å². The first-order valence-corrected chi connectivity index (χ1v) is 8.09. The van der Waals surface area contributed by atoms with Crippen molar-refractivity contribution in [2.45, 2.75) is 20.3 Å². The van der Waals surface area contributed by atoms with E-state index >= 15 is 0 Å². The van der Waals surface area contributed by atoms with E-state index in [4.69, 9.17) is 12.2 Å². The van der Waals surface area contributed by atoms with Crippen LogP contribution < -0.4 is 16.2 Å². The topological polar surface area (TPSA) is 90.5 Å². The van der Waals surface area contributed by atoms with E-state index in [9.17, 15) is 14.4 Å². The van der Waals surface area contributed by atoms with Crippen molar-refractivity contribution in [3.8, 4) is 0 Å². The Morgan fingerprint density at radius 2 is 1.71 bits per heavy atom. The molecule has 1 aliphatic heterocycles. The summed E-state index contributed by atoms with van der Waals surface area (Å²) in [5.41, 5.74) is 5.56. The van der Waals surface area contributed by atoms with Crippen molar-refractivity contribution in [3.63, 3.8) is 0 Å². The van der Waals surface area contributed by atoms with E-state index in [0.29, 0.717) is 23.6 Å². The zero-order valence-electron chi connectivity index (χ0n) is 13.6. The average Bonchev–Trinajstić information content (AvgIpc) is 2.78. The van der Waals surface area contributed by atoms with E-state index in [2.05, 4.69) is 30.0 Å². The molecular weight excluding hydrogens is 328 g/mol. The number of hydrogen-bond acceptors (Lipinski definition) is 4. The molecule has 1 aromatic rings. The van der Waals surface area contributed by atoms with Crippen molar-refractivity contribution >= 4 is 35.1 Å². The first-order valence-electron chi connectivity index (χ1n) is 7.68. The van der Waals surface area contributed by atoms with Crippen LogP contribution in [0.15, 0.2) is 24.3 Å². The van der Waals surface area contributed by atoms with Gasteiger partial charge in [0.1, 0.15) is 6.54 Å². The van der Waals surface area contributed by atoms with Crippen molar-refractivity contribution in [2.24, 2.45) is 5.92 Å². The fraction of sp³-hybridized carbons (Fsp3) is 0.375. The zero-order chi connectivity index (χ0) is 17.7. The maximum atomic E-state index is 12.2. The second-order valence-electron chi connectivity index (χ2n) is 5.85. The highest BCUT2D eigenvalue weighted by atomic mass is 32.1. The third-order valence-electron chi connectivity index (χ3n) is 3.50. The summed E-state index contributed by atoms with van der Waals surface area (Å²) in [6.07, 6.45) is 0.949. The van der Waals surface area contributed by atoms with Crippen LogP contribution in [-0.4, -0.2) is 40.8 Å². The molecule has 0 unspecified atom stereocenters.